The lowest BCUT2D eigenvalue weighted by atomic mass is 9.91. The van der Waals surface area contributed by atoms with Crippen LogP contribution in [0.5, 0.6) is 0 Å². The number of aromatic carboxylic acids is 1. The molecular formula is C28H29NO6S. The number of amides is 1. The van der Waals surface area contributed by atoms with E-state index in [1.165, 1.54) is 6.92 Å². The minimum Gasteiger partial charge on any atom is -0.478 e. The van der Waals surface area contributed by atoms with Crippen molar-refractivity contribution in [3.8, 4) is 0 Å². The van der Waals surface area contributed by atoms with Crippen molar-refractivity contribution in [2.45, 2.75) is 43.8 Å². The number of nitrogens with one attached hydrogen (secondary N) is 1. The van der Waals surface area contributed by atoms with Gasteiger partial charge in [-0.05, 0) is 47.5 Å². The van der Waals surface area contributed by atoms with Gasteiger partial charge in [-0.1, -0.05) is 43.3 Å². The minimum atomic E-state index is -0.952. The van der Waals surface area contributed by atoms with E-state index in [0.29, 0.717) is 11.4 Å². The van der Waals surface area contributed by atoms with Crippen LogP contribution in [0.3, 0.4) is 0 Å². The van der Waals surface area contributed by atoms with Gasteiger partial charge in [-0.2, -0.15) is 0 Å². The highest BCUT2D eigenvalue weighted by molar-refractivity contribution is 7.99. The fourth-order valence-electron chi connectivity index (χ4n) is 4.15. The number of thioether (sulfide) groups is 1. The summed E-state index contributed by atoms with van der Waals surface area (Å²) in [5.41, 5.74) is 3.53. The van der Waals surface area contributed by atoms with Crippen LogP contribution in [0, 0.1) is 5.92 Å². The molecular weight excluding hydrogens is 478 g/mol. The molecule has 4 atom stereocenters. The van der Waals surface area contributed by atoms with Crippen LogP contribution in [0.25, 0.3) is 0 Å². The topological polar surface area (TPSA) is 105 Å². The third kappa shape index (κ3) is 6.33. The Labute approximate surface area is 214 Å². The molecule has 0 bridgehead atoms. The Morgan fingerprint density at radius 3 is 2.33 bits per heavy atom. The lowest BCUT2D eigenvalue weighted by Crippen LogP contribution is -2.38. The zero-order valence-electron chi connectivity index (χ0n) is 20.1. The third-order valence-electron chi connectivity index (χ3n) is 6.12. The smallest absolute Gasteiger partial charge is 0.335 e. The van der Waals surface area contributed by atoms with E-state index in [1.54, 1.807) is 36.0 Å². The Morgan fingerprint density at radius 1 is 0.972 bits per heavy atom. The summed E-state index contributed by atoms with van der Waals surface area (Å²) in [5.74, 6) is -0.446. The van der Waals surface area contributed by atoms with Crippen LogP contribution in [0.15, 0.2) is 77.7 Å². The minimum absolute atomic E-state index is 0.0190. The number of carbonyl (C=O) groups excluding carboxylic acids is 1. The summed E-state index contributed by atoms with van der Waals surface area (Å²) in [6.07, 6.45) is -1.06. The molecule has 8 heteroatoms. The van der Waals surface area contributed by atoms with Crippen molar-refractivity contribution in [1.82, 2.24) is 0 Å². The number of carboxylic acid groups (broad SMARTS) is 1. The van der Waals surface area contributed by atoms with E-state index < -0.39 is 12.3 Å². The summed E-state index contributed by atoms with van der Waals surface area (Å²) < 4.78 is 12.9. The zero-order valence-corrected chi connectivity index (χ0v) is 20.9. The zero-order chi connectivity index (χ0) is 25.7. The number of ether oxygens (including phenoxy) is 2. The molecule has 3 aromatic rings. The Morgan fingerprint density at radius 2 is 1.69 bits per heavy atom. The van der Waals surface area contributed by atoms with Gasteiger partial charge in [0.2, 0.25) is 5.91 Å². The van der Waals surface area contributed by atoms with Crippen molar-refractivity contribution in [2.24, 2.45) is 5.92 Å². The first-order valence-electron chi connectivity index (χ1n) is 11.7. The van der Waals surface area contributed by atoms with Gasteiger partial charge in [-0.3, -0.25) is 4.79 Å². The molecule has 3 aromatic carbocycles. The maximum absolute atomic E-state index is 11.5. The average Bonchev–Trinajstić information content (AvgIpc) is 2.88. The van der Waals surface area contributed by atoms with Crippen LogP contribution in [-0.4, -0.2) is 33.9 Å². The van der Waals surface area contributed by atoms with Gasteiger partial charge in [0.25, 0.3) is 0 Å². The van der Waals surface area contributed by atoms with Crippen molar-refractivity contribution in [3.63, 3.8) is 0 Å². The van der Waals surface area contributed by atoms with Gasteiger partial charge in [0.1, 0.15) is 0 Å². The van der Waals surface area contributed by atoms with E-state index in [-0.39, 0.29) is 36.2 Å². The Kier molecular flexibility index (Phi) is 8.43. The monoisotopic (exact) mass is 507 g/mol. The summed E-state index contributed by atoms with van der Waals surface area (Å²) in [7, 11) is 0. The third-order valence-corrected chi connectivity index (χ3v) is 7.22. The molecule has 1 saturated heterocycles. The number of benzene rings is 3. The molecule has 36 heavy (non-hydrogen) atoms. The number of aliphatic hydroxyl groups is 1. The number of hydrogen-bond donors (Lipinski definition) is 3. The predicted octanol–water partition coefficient (Wildman–Crippen LogP) is 5.42. The lowest BCUT2D eigenvalue weighted by Gasteiger charge is -2.41. The quantitative estimate of drug-likeness (QED) is 0.350. The van der Waals surface area contributed by atoms with Crippen molar-refractivity contribution in [3.05, 3.63) is 95.1 Å². The highest BCUT2D eigenvalue weighted by Crippen LogP contribution is 2.43. The second kappa shape index (κ2) is 11.7. The van der Waals surface area contributed by atoms with E-state index >= 15 is 0 Å². The first-order chi connectivity index (χ1) is 17.3. The molecule has 3 N–H and O–H groups in total. The van der Waals surface area contributed by atoms with E-state index in [9.17, 15) is 14.7 Å². The van der Waals surface area contributed by atoms with E-state index in [2.05, 4.69) is 12.2 Å². The summed E-state index contributed by atoms with van der Waals surface area (Å²) in [6.45, 7) is 3.53. The van der Waals surface area contributed by atoms with Gasteiger partial charge in [0.15, 0.2) is 6.29 Å². The van der Waals surface area contributed by atoms with E-state index in [1.807, 2.05) is 48.5 Å². The van der Waals surface area contributed by atoms with E-state index in [0.717, 1.165) is 21.6 Å². The molecule has 0 saturated carbocycles. The summed E-state index contributed by atoms with van der Waals surface area (Å²) in [4.78, 5) is 23.6. The second-order valence-corrected chi connectivity index (χ2v) is 9.86. The molecule has 1 aliphatic heterocycles. The van der Waals surface area contributed by atoms with Crippen LogP contribution in [0.4, 0.5) is 5.69 Å². The normalized spacial score (nSPS) is 21.6. The molecule has 0 spiro atoms. The molecule has 1 amide bonds. The Balaban J connectivity index is 1.58. The van der Waals surface area contributed by atoms with Crippen molar-refractivity contribution < 1.29 is 29.3 Å². The number of anilines is 1. The van der Waals surface area contributed by atoms with Crippen LogP contribution in [0.2, 0.25) is 0 Å². The molecule has 1 heterocycles. The van der Waals surface area contributed by atoms with Crippen LogP contribution in [-0.2, 0) is 20.9 Å². The molecule has 4 unspecified atom stereocenters. The van der Waals surface area contributed by atoms with Crippen LogP contribution >= 0.6 is 11.8 Å². The highest BCUT2D eigenvalue weighted by atomic mass is 32.2. The van der Waals surface area contributed by atoms with Gasteiger partial charge in [-0.15, -0.1) is 11.8 Å². The van der Waals surface area contributed by atoms with Gasteiger partial charge in [-0.25, -0.2) is 4.79 Å². The SMILES string of the molecule is CC(=O)Nc1cccc(C2OC(CSc3ccc(C(=O)O)cc3)C(C)C(c3ccc(CO)cc3)O2)c1. The molecule has 0 aliphatic carbocycles. The summed E-state index contributed by atoms with van der Waals surface area (Å²) in [5, 5.41) is 21.4. The molecule has 1 fully saturated rings. The first kappa shape index (κ1) is 25.9. The number of carboxylic acids is 1. The fourth-order valence-corrected chi connectivity index (χ4v) is 5.22. The van der Waals surface area contributed by atoms with Crippen molar-refractivity contribution >= 4 is 29.3 Å². The lowest BCUT2D eigenvalue weighted by molar-refractivity contribution is -0.268. The molecule has 1 aliphatic rings. The molecule has 0 aromatic heterocycles. The average molecular weight is 508 g/mol. The number of hydrogen-bond acceptors (Lipinski definition) is 6. The predicted molar refractivity (Wildman–Crippen MR) is 138 cm³/mol. The van der Waals surface area contributed by atoms with E-state index in [4.69, 9.17) is 14.6 Å². The van der Waals surface area contributed by atoms with Gasteiger partial charge < -0.3 is 25.0 Å². The van der Waals surface area contributed by atoms with Crippen molar-refractivity contribution in [1.29, 1.82) is 0 Å². The van der Waals surface area contributed by atoms with Crippen molar-refractivity contribution in [2.75, 3.05) is 11.1 Å². The van der Waals surface area contributed by atoms with Gasteiger partial charge in [0.05, 0.1) is 24.4 Å². The highest BCUT2D eigenvalue weighted by Gasteiger charge is 2.38. The number of aliphatic hydroxyl groups excluding tert-OH is 1. The van der Waals surface area contributed by atoms with Gasteiger partial charge in [0, 0.05) is 34.7 Å². The molecule has 4 rings (SSSR count). The Bertz CT molecular complexity index is 1200. The molecule has 0 radical (unpaired) electrons. The standard InChI is InChI=1S/C28H29NO6S/c1-17-25(16-36-24-12-10-21(11-13-24)27(32)33)34-28(22-4-3-5-23(14-22)29-18(2)31)35-26(17)20-8-6-19(15-30)7-9-20/h3-14,17,25-26,28,30H,15-16H2,1-2H3,(H,29,31)(H,32,33). The Hall–Kier alpha value is -3.17. The number of rotatable bonds is 8. The summed E-state index contributed by atoms with van der Waals surface area (Å²) >= 11 is 1.60. The second-order valence-electron chi connectivity index (χ2n) is 8.77. The summed E-state index contributed by atoms with van der Waals surface area (Å²) in [6, 6.07) is 21.9. The number of carbonyl (C=O) groups is 2. The fraction of sp³-hybridized carbons (Fsp3) is 0.286. The molecule has 7 nitrogen and oxygen atoms in total. The largest absolute Gasteiger partial charge is 0.478 e. The first-order valence-corrected chi connectivity index (χ1v) is 12.7. The van der Waals surface area contributed by atoms with Crippen LogP contribution in [0.1, 0.15) is 53.3 Å². The maximum atomic E-state index is 11.5. The van der Waals surface area contributed by atoms with Gasteiger partial charge >= 0.3 is 5.97 Å². The maximum Gasteiger partial charge on any atom is 0.335 e. The molecule has 188 valence electrons. The van der Waals surface area contributed by atoms with Crippen LogP contribution < -0.4 is 5.32 Å².